The van der Waals surface area contributed by atoms with E-state index in [0.29, 0.717) is 6.42 Å². The Morgan fingerprint density at radius 3 is 2.59 bits per heavy atom. The zero-order valence-electron chi connectivity index (χ0n) is 10.4. The Kier molecular flexibility index (Phi) is 4.27. The maximum Gasteiger partial charge on any atom is 0.330 e. The summed E-state index contributed by atoms with van der Waals surface area (Å²) >= 11 is 0. The van der Waals surface area contributed by atoms with E-state index in [2.05, 4.69) is 13.2 Å². The molecule has 2 nitrogen and oxygen atoms in total. The van der Waals surface area contributed by atoms with Gasteiger partial charge >= 0.3 is 5.97 Å². The van der Waals surface area contributed by atoms with Crippen LogP contribution in [0.25, 0.3) is 6.08 Å². The summed E-state index contributed by atoms with van der Waals surface area (Å²) in [5, 5.41) is 0. The Balaban J connectivity index is 2.85. The molecule has 0 amide bonds. The minimum Gasteiger partial charge on any atom is -0.456 e. The maximum absolute atomic E-state index is 11.2. The smallest absolute Gasteiger partial charge is 0.330 e. The van der Waals surface area contributed by atoms with Gasteiger partial charge in [-0.2, -0.15) is 0 Å². The summed E-state index contributed by atoms with van der Waals surface area (Å²) in [6, 6.07) is 7.94. The molecule has 0 spiro atoms. The van der Waals surface area contributed by atoms with Crippen molar-refractivity contribution in [2.24, 2.45) is 0 Å². The highest BCUT2D eigenvalue weighted by molar-refractivity contribution is 5.81. The number of esters is 1. The molecule has 0 unspecified atom stereocenters. The molecule has 0 heterocycles. The Hall–Kier alpha value is -1.83. The number of carbonyl (C=O) groups is 1. The maximum atomic E-state index is 11.2. The van der Waals surface area contributed by atoms with Crippen molar-refractivity contribution in [3.8, 4) is 0 Å². The Labute approximate surface area is 103 Å². The van der Waals surface area contributed by atoms with Crippen LogP contribution < -0.4 is 0 Å². The zero-order chi connectivity index (χ0) is 12.9. The van der Waals surface area contributed by atoms with Gasteiger partial charge in [0.15, 0.2) is 0 Å². The molecule has 0 aromatic heterocycles. The highest BCUT2D eigenvalue weighted by atomic mass is 16.6. The number of benzene rings is 1. The summed E-state index contributed by atoms with van der Waals surface area (Å²) in [6.07, 6.45) is 3.64. The summed E-state index contributed by atoms with van der Waals surface area (Å²) in [4.78, 5) is 11.2. The van der Waals surface area contributed by atoms with Crippen molar-refractivity contribution in [1.29, 1.82) is 0 Å². The third-order valence-corrected chi connectivity index (χ3v) is 2.43. The van der Waals surface area contributed by atoms with Crippen LogP contribution in [0.4, 0.5) is 0 Å². The molecule has 2 heteroatoms. The molecular formula is C15H18O2. The minimum atomic E-state index is -0.551. The van der Waals surface area contributed by atoms with Crippen molar-refractivity contribution in [3.05, 3.63) is 54.6 Å². The van der Waals surface area contributed by atoms with Gasteiger partial charge in [-0.05, 0) is 25.0 Å². The molecule has 0 aliphatic heterocycles. The van der Waals surface area contributed by atoms with Crippen molar-refractivity contribution in [2.45, 2.75) is 25.9 Å². The quantitative estimate of drug-likeness (QED) is 0.572. The van der Waals surface area contributed by atoms with Gasteiger partial charge in [0.05, 0.1) is 0 Å². The Bertz CT molecular complexity index is 430. The van der Waals surface area contributed by atoms with E-state index in [-0.39, 0.29) is 0 Å². The number of rotatable bonds is 5. The van der Waals surface area contributed by atoms with Gasteiger partial charge in [-0.1, -0.05) is 43.5 Å². The molecule has 0 saturated heterocycles. The Morgan fingerprint density at radius 1 is 1.35 bits per heavy atom. The van der Waals surface area contributed by atoms with Crippen molar-refractivity contribution in [3.63, 3.8) is 0 Å². The summed E-state index contributed by atoms with van der Waals surface area (Å²) in [7, 11) is 0. The van der Waals surface area contributed by atoms with Crippen molar-refractivity contribution < 1.29 is 9.53 Å². The molecule has 0 aliphatic rings. The van der Waals surface area contributed by atoms with E-state index in [0.717, 1.165) is 11.1 Å². The molecule has 0 aliphatic carbocycles. The van der Waals surface area contributed by atoms with Crippen molar-refractivity contribution >= 4 is 12.0 Å². The van der Waals surface area contributed by atoms with Crippen LogP contribution in [0.5, 0.6) is 0 Å². The first-order valence-electron chi connectivity index (χ1n) is 5.54. The van der Waals surface area contributed by atoms with Crippen LogP contribution >= 0.6 is 0 Å². The molecule has 17 heavy (non-hydrogen) atoms. The second kappa shape index (κ2) is 5.48. The molecule has 90 valence electrons. The molecule has 0 saturated carbocycles. The fourth-order valence-corrected chi connectivity index (χ4v) is 1.70. The van der Waals surface area contributed by atoms with Crippen LogP contribution in [0.2, 0.25) is 0 Å². The molecule has 0 N–H and O–H groups in total. The van der Waals surface area contributed by atoms with Crippen LogP contribution in [0.1, 0.15) is 25.0 Å². The van der Waals surface area contributed by atoms with Crippen LogP contribution in [-0.2, 0) is 16.0 Å². The lowest BCUT2D eigenvalue weighted by molar-refractivity contribution is -0.149. The molecular weight excluding hydrogens is 212 g/mol. The van der Waals surface area contributed by atoms with Gasteiger partial charge in [-0.15, -0.1) is 0 Å². The topological polar surface area (TPSA) is 26.3 Å². The van der Waals surface area contributed by atoms with Crippen LogP contribution in [0.3, 0.4) is 0 Å². The predicted octanol–water partition coefficient (Wildman–Crippen LogP) is 3.38. The van der Waals surface area contributed by atoms with E-state index in [1.54, 1.807) is 6.08 Å². The molecule has 1 aromatic rings. The normalized spacial score (nSPS) is 10.7. The second-order valence-electron chi connectivity index (χ2n) is 4.46. The third-order valence-electron chi connectivity index (χ3n) is 2.43. The van der Waals surface area contributed by atoms with E-state index in [1.807, 2.05) is 38.1 Å². The van der Waals surface area contributed by atoms with Gasteiger partial charge in [0.25, 0.3) is 0 Å². The van der Waals surface area contributed by atoms with Gasteiger partial charge in [-0.3, -0.25) is 0 Å². The van der Waals surface area contributed by atoms with Crippen molar-refractivity contribution in [2.75, 3.05) is 0 Å². The number of ether oxygens (including phenoxy) is 1. The van der Waals surface area contributed by atoms with Crippen LogP contribution in [-0.4, -0.2) is 11.6 Å². The summed E-state index contributed by atoms with van der Waals surface area (Å²) in [5.41, 5.74) is 1.63. The fourth-order valence-electron chi connectivity index (χ4n) is 1.70. The summed E-state index contributed by atoms with van der Waals surface area (Å²) in [5.74, 6) is -0.397. The van der Waals surface area contributed by atoms with Gasteiger partial charge in [0, 0.05) is 12.5 Å². The Morgan fingerprint density at radius 2 is 2.00 bits per heavy atom. The minimum absolute atomic E-state index is 0.397. The second-order valence-corrected chi connectivity index (χ2v) is 4.46. The van der Waals surface area contributed by atoms with Crippen LogP contribution in [0.15, 0.2) is 43.5 Å². The first kappa shape index (κ1) is 13.2. The highest BCUT2D eigenvalue weighted by Gasteiger charge is 2.23. The first-order chi connectivity index (χ1) is 7.98. The molecule has 0 bridgehead atoms. The van der Waals surface area contributed by atoms with Gasteiger partial charge < -0.3 is 4.74 Å². The van der Waals surface area contributed by atoms with Crippen molar-refractivity contribution in [1.82, 2.24) is 0 Å². The standard InChI is InChI=1S/C15H18O2/c1-5-12-9-7-8-10-13(12)11-15(3,4)17-14(16)6-2/h5-10H,1-2,11H2,3-4H3. The van der Waals surface area contributed by atoms with Crippen LogP contribution in [0, 0.1) is 0 Å². The van der Waals surface area contributed by atoms with Gasteiger partial charge in [0.2, 0.25) is 0 Å². The molecule has 1 aromatic carbocycles. The highest BCUT2D eigenvalue weighted by Crippen LogP contribution is 2.20. The average Bonchev–Trinajstić information content (AvgIpc) is 2.28. The lowest BCUT2D eigenvalue weighted by Gasteiger charge is -2.25. The monoisotopic (exact) mass is 230 g/mol. The molecule has 0 fully saturated rings. The number of carbonyl (C=O) groups excluding carboxylic acids is 1. The first-order valence-corrected chi connectivity index (χ1v) is 5.54. The number of hydrogen-bond donors (Lipinski definition) is 0. The van der Waals surface area contributed by atoms with E-state index < -0.39 is 11.6 Å². The zero-order valence-corrected chi connectivity index (χ0v) is 10.4. The molecule has 0 radical (unpaired) electrons. The third kappa shape index (κ3) is 3.91. The number of hydrogen-bond acceptors (Lipinski definition) is 2. The van der Waals surface area contributed by atoms with E-state index in [9.17, 15) is 4.79 Å². The lowest BCUT2D eigenvalue weighted by atomic mass is 9.94. The lowest BCUT2D eigenvalue weighted by Crippen LogP contribution is -2.30. The summed E-state index contributed by atoms with van der Waals surface area (Å²) in [6.45, 7) is 10.9. The summed E-state index contributed by atoms with van der Waals surface area (Å²) < 4.78 is 5.30. The molecule has 0 atom stereocenters. The fraction of sp³-hybridized carbons (Fsp3) is 0.267. The van der Waals surface area contributed by atoms with Gasteiger partial charge in [-0.25, -0.2) is 4.79 Å². The SMILES string of the molecule is C=CC(=O)OC(C)(C)Cc1ccccc1C=C. The van der Waals surface area contributed by atoms with E-state index >= 15 is 0 Å². The largest absolute Gasteiger partial charge is 0.456 e. The van der Waals surface area contributed by atoms with Gasteiger partial charge in [0.1, 0.15) is 5.60 Å². The molecule has 1 rings (SSSR count). The average molecular weight is 230 g/mol. The van der Waals surface area contributed by atoms with E-state index in [1.165, 1.54) is 6.08 Å². The van der Waals surface area contributed by atoms with E-state index in [4.69, 9.17) is 4.74 Å². The predicted molar refractivity (Wildman–Crippen MR) is 70.6 cm³/mol.